The standard InChI is InChI=1S/C14H21N3O2/c1-11-3-4-12(13(9-11)17(18)19)16-10-14(2)5-7-15-8-6-14/h3-4,9,15-16H,5-8,10H2,1-2H3. The minimum Gasteiger partial charge on any atom is -0.379 e. The van der Waals surface area contributed by atoms with Crippen molar-refractivity contribution in [1.29, 1.82) is 0 Å². The van der Waals surface area contributed by atoms with Crippen LogP contribution in [-0.4, -0.2) is 24.6 Å². The van der Waals surface area contributed by atoms with Crippen LogP contribution in [0.4, 0.5) is 11.4 Å². The quantitative estimate of drug-likeness (QED) is 0.647. The molecule has 1 aliphatic rings. The van der Waals surface area contributed by atoms with E-state index in [4.69, 9.17) is 0 Å². The van der Waals surface area contributed by atoms with Gasteiger partial charge in [-0.15, -0.1) is 0 Å². The molecule has 0 aromatic heterocycles. The van der Waals surface area contributed by atoms with E-state index in [0.29, 0.717) is 5.69 Å². The van der Waals surface area contributed by atoms with E-state index in [0.717, 1.165) is 38.0 Å². The van der Waals surface area contributed by atoms with E-state index in [1.165, 1.54) is 0 Å². The number of anilines is 1. The molecule has 5 nitrogen and oxygen atoms in total. The Kier molecular flexibility index (Phi) is 4.04. The molecule has 0 unspecified atom stereocenters. The summed E-state index contributed by atoms with van der Waals surface area (Å²) in [5.74, 6) is 0. The normalized spacial score (nSPS) is 18.0. The summed E-state index contributed by atoms with van der Waals surface area (Å²) in [4.78, 5) is 10.7. The zero-order valence-electron chi connectivity index (χ0n) is 11.5. The van der Waals surface area contributed by atoms with E-state index in [9.17, 15) is 10.1 Å². The molecule has 0 saturated carbocycles. The molecule has 19 heavy (non-hydrogen) atoms. The van der Waals surface area contributed by atoms with Crippen molar-refractivity contribution in [2.45, 2.75) is 26.7 Å². The Hall–Kier alpha value is -1.62. The fourth-order valence-corrected chi connectivity index (χ4v) is 2.46. The highest BCUT2D eigenvalue weighted by atomic mass is 16.6. The van der Waals surface area contributed by atoms with Crippen LogP contribution in [0.5, 0.6) is 0 Å². The van der Waals surface area contributed by atoms with Crippen LogP contribution in [0.2, 0.25) is 0 Å². The third kappa shape index (κ3) is 3.44. The highest BCUT2D eigenvalue weighted by Gasteiger charge is 2.27. The second-order valence-electron chi connectivity index (χ2n) is 5.69. The predicted molar refractivity (Wildman–Crippen MR) is 76.5 cm³/mol. The number of aryl methyl sites for hydroxylation is 1. The van der Waals surface area contributed by atoms with E-state index in [1.807, 2.05) is 13.0 Å². The third-order valence-electron chi connectivity index (χ3n) is 3.87. The van der Waals surface area contributed by atoms with E-state index >= 15 is 0 Å². The lowest BCUT2D eigenvalue weighted by molar-refractivity contribution is -0.384. The van der Waals surface area contributed by atoms with Crippen LogP contribution in [0, 0.1) is 22.5 Å². The number of rotatable bonds is 4. The number of hydrogen-bond acceptors (Lipinski definition) is 4. The predicted octanol–water partition coefficient (Wildman–Crippen LogP) is 2.70. The largest absolute Gasteiger partial charge is 0.379 e. The molecule has 104 valence electrons. The lowest BCUT2D eigenvalue weighted by atomic mass is 9.81. The van der Waals surface area contributed by atoms with E-state index in [2.05, 4.69) is 17.6 Å². The van der Waals surface area contributed by atoms with E-state index < -0.39 is 0 Å². The molecule has 0 aliphatic carbocycles. The first-order valence-corrected chi connectivity index (χ1v) is 6.70. The van der Waals surface area contributed by atoms with Crippen molar-refractivity contribution >= 4 is 11.4 Å². The Morgan fingerprint density at radius 2 is 2.11 bits per heavy atom. The van der Waals surface area contributed by atoms with Gasteiger partial charge in [-0.2, -0.15) is 0 Å². The molecule has 0 amide bonds. The van der Waals surface area contributed by atoms with Gasteiger partial charge in [-0.05, 0) is 49.9 Å². The molecule has 1 aliphatic heterocycles. The first-order chi connectivity index (χ1) is 9.00. The van der Waals surface area contributed by atoms with Gasteiger partial charge in [0.25, 0.3) is 5.69 Å². The van der Waals surface area contributed by atoms with Gasteiger partial charge in [0, 0.05) is 12.6 Å². The smallest absolute Gasteiger partial charge is 0.292 e. The Bertz CT molecular complexity index is 468. The number of hydrogen-bond donors (Lipinski definition) is 2. The van der Waals surface area contributed by atoms with Gasteiger partial charge in [-0.25, -0.2) is 0 Å². The molecule has 2 rings (SSSR count). The Balaban J connectivity index is 2.08. The number of nitro groups is 1. The SMILES string of the molecule is Cc1ccc(NCC2(C)CCNCC2)c([N+](=O)[O-])c1. The second kappa shape index (κ2) is 5.57. The van der Waals surface area contributed by atoms with Crippen LogP contribution in [0.25, 0.3) is 0 Å². The second-order valence-corrected chi connectivity index (χ2v) is 5.69. The maximum Gasteiger partial charge on any atom is 0.292 e. The van der Waals surface area contributed by atoms with E-state index in [-0.39, 0.29) is 16.0 Å². The van der Waals surface area contributed by atoms with Crippen LogP contribution in [-0.2, 0) is 0 Å². The Labute approximate surface area is 113 Å². The van der Waals surface area contributed by atoms with Crippen LogP contribution in [0.3, 0.4) is 0 Å². The maximum absolute atomic E-state index is 11.1. The fourth-order valence-electron chi connectivity index (χ4n) is 2.46. The molecule has 0 spiro atoms. The van der Waals surface area contributed by atoms with Gasteiger partial charge in [0.05, 0.1) is 4.92 Å². The molecule has 5 heteroatoms. The topological polar surface area (TPSA) is 67.2 Å². The van der Waals surface area contributed by atoms with Crippen molar-refractivity contribution in [3.05, 3.63) is 33.9 Å². The molecular weight excluding hydrogens is 242 g/mol. The molecule has 0 atom stereocenters. The third-order valence-corrected chi connectivity index (χ3v) is 3.87. The number of nitrogens with zero attached hydrogens (tertiary/aromatic N) is 1. The Morgan fingerprint density at radius 1 is 1.42 bits per heavy atom. The van der Waals surface area contributed by atoms with Crippen molar-refractivity contribution in [2.24, 2.45) is 5.41 Å². The summed E-state index contributed by atoms with van der Waals surface area (Å²) in [5, 5.41) is 17.7. The summed E-state index contributed by atoms with van der Waals surface area (Å²) in [5.41, 5.74) is 1.91. The first kappa shape index (κ1) is 13.8. The van der Waals surface area contributed by atoms with Crippen LogP contribution in [0.1, 0.15) is 25.3 Å². The summed E-state index contributed by atoms with van der Waals surface area (Å²) in [7, 11) is 0. The van der Waals surface area contributed by atoms with Crippen molar-refractivity contribution in [3.63, 3.8) is 0 Å². The minimum atomic E-state index is -0.319. The summed E-state index contributed by atoms with van der Waals surface area (Å²) >= 11 is 0. The highest BCUT2D eigenvalue weighted by Crippen LogP contribution is 2.31. The number of piperidine rings is 1. The monoisotopic (exact) mass is 263 g/mol. The van der Waals surface area contributed by atoms with Gasteiger partial charge < -0.3 is 10.6 Å². The number of nitrogens with one attached hydrogen (secondary N) is 2. The van der Waals surface area contributed by atoms with Crippen LogP contribution < -0.4 is 10.6 Å². The summed E-state index contributed by atoms with van der Waals surface area (Å²) < 4.78 is 0. The van der Waals surface area contributed by atoms with Crippen molar-refractivity contribution < 1.29 is 4.92 Å². The summed E-state index contributed by atoms with van der Waals surface area (Å²) in [6.07, 6.45) is 2.19. The summed E-state index contributed by atoms with van der Waals surface area (Å²) in [6.45, 7) is 6.92. The lowest BCUT2D eigenvalue weighted by Crippen LogP contribution is -2.39. The average Bonchev–Trinajstić information content (AvgIpc) is 2.38. The minimum absolute atomic E-state index is 0.164. The van der Waals surface area contributed by atoms with Gasteiger partial charge in [-0.3, -0.25) is 10.1 Å². The van der Waals surface area contributed by atoms with Crippen molar-refractivity contribution in [1.82, 2.24) is 5.32 Å². The zero-order valence-corrected chi connectivity index (χ0v) is 11.5. The van der Waals surface area contributed by atoms with Crippen LogP contribution >= 0.6 is 0 Å². The maximum atomic E-state index is 11.1. The molecule has 2 N–H and O–H groups in total. The van der Waals surface area contributed by atoms with Crippen LogP contribution in [0.15, 0.2) is 18.2 Å². The van der Waals surface area contributed by atoms with Gasteiger partial charge in [0.2, 0.25) is 0 Å². The van der Waals surface area contributed by atoms with E-state index in [1.54, 1.807) is 12.1 Å². The Morgan fingerprint density at radius 3 is 2.74 bits per heavy atom. The van der Waals surface area contributed by atoms with Gasteiger partial charge in [-0.1, -0.05) is 13.0 Å². The molecular formula is C14H21N3O2. The van der Waals surface area contributed by atoms with Crippen molar-refractivity contribution in [2.75, 3.05) is 25.0 Å². The molecule has 1 fully saturated rings. The molecule has 1 aromatic rings. The molecule has 0 radical (unpaired) electrons. The highest BCUT2D eigenvalue weighted by molar-refractivity contribution is 5.62. The number of nitro benzene ring substituents is 1. The summed E-state index contributed by atoms with van der Waals surface area (Å²) in [6, 6.07) is 5.32. The van der Waals surface area contributed by atoms with Crippen molar-refractivity contribution in [3.8, 4) is 0 Å². The fraction of sp³-hybridized carbons (Fsp3) is 0.571. The number of benzene rings is 1. The molecule has 1 saturated heterocycles. The zero-order chi connectivity index (χ0) is 13.9. The van der Waals surface area contributed by atoms with Gasteiger partial charge in [0.1, 0.15) is 5.69 Å². The molecule has 0 bridgehead atoms. The average molecular weight is 263 g/mol. The molecule has 1 heterocycles. The molecule has 1 aromatic carbocycles. The first-order valence-electron chi connectivity index (χ1n) is 6.70. The lowest BCUT2D eigenvalue weighted by Gasteiger charge is -2.34. The van der Waals surface area contributed by atoms with Gasteiger partial charge in [0.15, 0.2) is 0 Å². The van der Waals surface area contributed by atoms with Gasteiger partial charge >= 0.3 is 0 Å².